The van der Waals surface area contributed by atoms with Crippen molar-refractivity contribution in [2.75, 3.05) is 0 Å². The molecule has 44 heavy (non-hydrogen) atoms. The third-order valence-corrected chi connectivity index (χ3v) is 6.97. The van der Waals surface area contributed by atoms with E-state index >= 15 is 0 Å². The summed E-state index contributed by atoms with van der Waals surface area (Å²) >= 11 is 0. The van der Waals surface area contributed by atoms with E-state index in [0.717, 1.165) is 0 Å². The molecule has 0 N–H and O–H groups in total. The van der Waals surface area contributed by atoms with Crippen LogP contribution in [0.3, 0.4) is 0 Å². The van der Waals surface area contributed by atoms with Crippen molar-refractivity contribution in [3.8, 4) is 11.5 Å². The van der Waals surface area contributed by atoms with Crippen LogP contribution in [0.1, 0.15) is 35.6 Å². The van der Waals surface area contributed by atoms with Crippen molar-refractivity contribution in [2.24, 2.45) is 5.92 Å². The van der Waals surface area contributed by atoms with E-state index in [0.29, 0.717) is 16.9 Å². The molecule has 0 radical (unpaired) electrons. The number of ketones is 2. The average Bonchev–Trinajstić information content (AvgIpc) is 3.04. The van der Waals surface area contributed by atoms with Crippen LogP contribution in [0.15, 0.2) is 133 Å². The SMILES string of the molecule is CC(=O)/C(=C\[C@@H]1O[C@H](c2ccccc2)O[C@H](CC(=O)Oc2ccccc2)[C@H]1C(=O)Oc1ccccc1)C(=O)c1ccccc1. The summed E-state index contributed by atoms with van der Waals surface area (Å²) in [7, 11) is 0. The molecule has 8 nitrogen and oxygen atoms in total. The maximum atomic E-state index is 13.8. The van der Waals surface area contributed by atoms with Crippen LogP contribution < -0.4 is 9.47 Å². The largest absolute Gasteiger partial charge is 0.426 e. The fraction of sp³-hybridized carbons (Fsp3) is 0.167. The van der Waals surface area contributed by atoms with Crippen LogP contribution in [0.4, 0.5) is 0 Å². The van der Waals surface area contributed by atoms with E-state index in [-0.39, 0.29) is 17.7 Å². The van der Waals surface area contributed by atoms with E-state index in [1.54, 1.807) is 115 Å². The predicted octanol–water partition coefficient (Wildman–Crippen LogP) is 6.09. The molecule has 5 rings (SSSR count). The molecule has 222 valence electrons. The zero-order chi connectivity index (χ0) is 30.9. The summed E-state index contributed by atoms with van der Waals surface area (Å²) in [6.07, 6.45) is -2.34. The van der Waals surface area contributed by atoms with Crippen LogP contribution in [-0.4, -0.2) is 35.7 Å². The van der Waals surface area contributed by atoms with Crippen LogP contribution in [-0.2, 0) is 23.9 Å². The molecule has 4 aromatic rings. The summed E-state index contributed by atoms with van der Waals surface area (Å²) in [4.78, 5) is 53.3. The minimum absolute atomic E-state index is 0.168. The Morgan fingerprint density at radius 3 is 1.77 bits per heavy atom. The number of rotatable bonds is 10. The second-order valence-corrected chi connectivity index (χ2v) is 10.1. The van der Waals surface area contributed by atoms with Gasteiger partial charge in [-0.3, -0.25) is 19.2 Å². The molecule has 0 bridgehead atoms. The molecule has 4 aromatic carbocycles. The molecule has 1 aliphatic rings. The normalized spacial score (nSPS) is 19.9. The number of Topliss-reactive ketones (excluding diaryl/α,β-unsaturated/α-hetero) is 2. The maximum absolute atomic E-state index is 13.8. The van der Waals surface area contributed by atoms with Gasteiger partial charge in [-0.1, -0.05) is 97.1 Å². The highest BCUT2D eigenvalue weighted by atomic mass is 16.7. The van der Waals surface area contributed by atoms with Gasteiger partial charge in [-0.2, -0.15) is 0 Å². The Morgan fingerprint density at radius 2 is 1.20 bits per heavy atom. The van der Waals surface area contributed by atoms with Crippen molar-refractivity contribution < 1.29 is 38.1 Å². The molecule has 0 unspecified atom stereocenters. The summed E-state index contributed by atoms with van der Waals surface area (Å²) in [5, 5.41) is 0. The quantitative estimate of drug-likeness (QED) is 0.0546. The van der Waals surface area contributed by atoms with Crippen LogP contribution in [0.5, 0.6) is 11.5 Å². The Kier molecular flexibility index (Phi) is 9.86. The standard InChI is InChI=1S/C36H30O8/c1-24(37)29(34(39)25-14-6-2-7-15-25)22-30-33(35(40)42-28-20-12-5-13-21-28)31(23-32(38)41-27-18-10-4-11-19-27)44-36(43-30)26-16-8-3-9-17-26/h2-22,30-31,33,36H,23H2,1H3/b29-22+/t30-,31+,33-,36-/m0/s1. The van der Waals surface area contributed by atoms with Crippen molar-refractivity contribution in [1.29, 1.82) is 0 Å². The van der Waals surface area contributed by atoms with E-state index in [4.69, 9.17) is 18.9 Å². The first-order chi connectivity index (χ1) is 21.4. The molecule has 1 heterocycles. The summed E-state index contributed by atoms with van der Waals surface area (Å²) in [5.74, 6) is -3.12. The lowest BCUT2D eigenvalue weighted by atomic mass is 9.88. The van der Waals surface area contributed by atoms with Crippen molar-refractivity contribution in [3.05, 3.63) is 144 Å². The van der Waals surface area contributed by atoms with Crippen molar-refractivity contribution in [1.82, 2.24) is 0 Å². The van der Waals surface area contributed by atoms with Gasteiger partial charge in [-0.25, -0.2) is 0 Å². The third-order valence-electron chi connectivity index (χ3n) is 6.97. The smallest absolute Gasteiger partial charge is 0.320 e. The number of hydrogen-bond donors (Lipinski definition) is 0. The van der Waals surface area contributed by atoms with E-state index in [9.17, 15) is 19.2 Å². The van der Waals surface area contributed by atoms with Crippen molar-refractivity contribution in [3.63, 3.8) is 0 Å². The number of esters is 2. The molecule has 0 amide bonds. The number of ether oxygens (including phenoxy) is 4. The zero-order valence-electron chi connectivity index (χ0n) is 23.9. The lowest BCUT2D eigenvalue weighted by Gasteiger charge is -2.39. The Balaban J connectivity index is 1.55. The lowest BCUT2D eigenvalue weighted by molar-refractivity contribution is -0.262. The van der Waals surface area contributed by atoms with E-state index in [1.807, 2.05) is 6.07 Å². The first-order valence-corrected chi connectivity index (χ1v) is 14.1. The zero-order valence-corrected chi connectivity index (χ0v) is 23.9. The number of benzene rings is 4. The van der Waals surface area contributed by atoms with Gasteiger partial charge in [0.1, 0.15) is 17.4 Å². The molecule has 8 heteroatoms. The fourth-order valence-corrected chi connectivity index (χ4v) is 4.85. The van der Waals surface area contributed by atoms with Gasteiger partial charge >= 0.3 is 11.9 Å². The topological polar surface area (TPSA) is 105 Å². The van der Waals surface area contributed by atoms with E-state index < -0.39 is 47.9 Å². The number of para-hydroxylation sites is 2. The Bertz CT molecular complexity index is 1620. The van der Waals surface area contributed by atoms with Crippen molar-refractivity contribution in [2.45, 2.75) is 31.8 Å². The molecule has 0 aliphatic carbocycles. The monoisotopic (exact) mass is 590 g/mol. The van der Waals surface area contributed by atoms with Gasteiger partial charge in [0, 0.05) is 11.1 Å². The maximum Gasteiger partial charge on any atom is 0.320 e. The molecular formula is C36H30O8. The van der Waals surface area contributed by atoms with E-state index in [1.165, 1.54) is 13.0 Å². The van der Waals surface area contributed by atoms with Crippen molar-refractivity contribution >= 4 is 23.5 Å². The van der Waals surface area contributed by atoms with Gasteiger partial charge < -0.3 is 18.9 Å². The van der Waals surface area contributed by atoms with Crippen LogP contribution in [0, 0.1) is 5.92 Å². The molecule has 0 saturated carbocycles. The number of allylic oxidation sites excluding steroid dienone is 1. The highest BCUT2D eigenvalue weighted by molar-refractivity contribution is 6.25. The minimum atomic E-state index is -1.25. The summed E-state index contributed by atoms with van der Waals surface area (Å²) in [6.45, 7) is 1.27. The molecule has 1 fully saturated rings. The second-order valence-electron chi connectivity index (χ2n) is 10.1. The summed E-state index contributed by atoms with van der Waals surface area (Å²) in [6, 6.07) is 34.2. The van der Waals surface area contributed by atoms with Gasteiger partial charge in [-0.05, 0) is 37.3 Å². The number of hydrogen-bond acceptors (Lipinski definition) is 8. The molecule has 1 aliphatic heterocycles. The summed E-state index contributed by atoms with van der Waals surface area (Å²) < 4.78 is 23.7. The highest BCUT2D eigenvalue weighted by Gasteiger charge is 2.46. The second kappa shape index (κ2) is 14.3. The van der Waals surface area contributed by atoms with Gasteiger partial charge in [-0.15, -0.1) is 0 Å². The molecule has 0 aromatic heterocycles. The lowest BCUT2D eigenvalue weighted by Crippen LogP contribution is -2.49. The first kappa shape index (κ1) is 30.3. The molecule has 0 spiro atoms. The fourth-order valence-electron chi connectivity index (χ4n) is 4.85. The third kappa shape index (κ3) is 7.60. The van der Waals surface area contributed by atoms with Crippen LogP contribution >= 0.6 is 0 Å². The van der Waals surface area contributed by atoms with E-state index in [2.05, 4.69) is 0 Å². The average molecular weight is 591 g/mol. The number of carbonyl (C=O) groups excluding carboxylic acids is 4. The Hall–Kier alpha value is -5.18. The minimum Gasteiger partial charge on any atom is -0.426 e. The molecule has 4 atom stereocenters. The Labute approximate surface area is 254 Å². The highest BCUT2D eigenvalue weighted by Crippen LogP contribution is 2.37. The van der Waals surface area contributed by atoms with Crippen LogP contribution in [0.2, 0.25) is 0 Å². The Morgan fingerprint density at radius 1 is 0.682 bits per heavy atom. The predicted molar refractivity (Wildman–Crippen MR) is 161 cm³/mol. The van der Waals surface area contributed by atoms with Gasteiger partial charge in [0.15, 0.2) is 17.9 Å². The van der Waals surface area contributed by atoms with Gasteiger partial charge in [0.05, 0.1) is 24.2 Å². The van der Waals surface area contributed by atoms with Gasteiger partial charge in [0.2, 0.25) is 0 Å². The van der Waals surface area contributed by atoms with Gasteiger partial charge in [0.25, 0.3) is 0 Å². The van der Waals surface area contributed by atoms with Crippen LogP contribution in [0.25, 0.3) is 0 Å². The molecular weight excluding hydrogens is 560 g/mol. The number of carbonyl (C=O) groups is 4. The first-order valence-electron chi connectivity index (χ1n) is 14.1. The molecule has 1 saturated heterocycles. The summed E-state index contributed by atoms with van der Waals surface area (Å²) in [5.41, 5.74) is 0.742.